The molecule has 1 heterocycles. The van der Waals surface area contributed by atoms with E-state index in [2.05, 4.69) is 26.5 Å². The zero-order chi connectivity index (χ0) is 17.8. The minimum Gasteiger partial charge on any atom is -0.324 e. The Balaban J connectivity index is 1.79. The molecule has 0 aliphatic heterocycles. The Hall–Kier alpha value is -2.32. The van der Waals surface area contributed by atoms with Crippen LogP contribution in [0.2, 0.25) is 0 Å². The number of benzene rings is 2. The monoisotopic (exact) mass is 420 g/mol. The summed E-state index contributed by atoms with van der Waals surface area (Å²) in [6.45, 7) is 1.73. The number of thioether (sulfide) groups is 1. The Morgan fingerprint density at radius 1 is 1.20 bits per heavy atom. The fourth-order valence-corrected chi connectivity index (χ4v) is 3.40. The van der Waals surface area contributed by atoms with E-state index in [-0.39, 0.29) is 5.91 Å². The van der Waals surface area contributed by atoms with Crippen molar-refractivity contribution >= 4 is 39.3 Å². The molecule has 0 fully saturated rings. The highest BCUT2D eigenvalue weighted by Crippen LogP contribution is 2.24. The number of anilines is 1. The molecule has 2 aromatic carbocycles. The van der Waals surface area contributed by atoms with Gasteiger partial charge in [-0.15, -0.1) is 0 Å². The van der Waals surface area contributed by atoms with Gasteiger partial charge in [-0.05, 0) is 56.7 Å². The van der Waals surface area contributed by atoms with E-state index in [0.717, 1.165) is 21.9 Å². The highest BCUT2D eigenvalue weighted by Gasteiger charge is 2.29. The van der Waals surface area contributed by atoms with Gasteiger partial charge in [-0.1, -0.05) is 30.3 Å². The van der Waals surface area contributed by atoms with E-state index in [1.807, 2.05) is 48.5 Å². The molecule has 0 aliphatic rings. The molecular formula is C17H15BrN3O3S+. The first kappa shape index (κ1) is 17.5. The number of carbonyl (C=O) groups excluding carboxylic acids is 1. The molecule has 8 heteroatoms. The van der Waals surface area contributed by atoms with Gasteiger partial charge >= 0.3 is 10.7 Å². The molecule has 1 amide bonds. The molecule has 25 heavy (non-hydrogen) atoms. The number of amides is 1. The molecule has 1 unspecified atom stereocenters. The van der Waals surface area contributed by atoms with E-state index in [0.29, 0.717) is 10.7 Å². The lowest BCUT2D eigenvalue weighted by molar-refractivity contribution is -0.704. The predicted molar refractivity (Wildman–Crippen MR) is 99.0 cm³/mol. The standard InChI is InChI=1S/C17H14BrN3O3S/c1-11(15(22)19-14-10-6-5-9-13(14)18)25-16-17(23)24-20-21(16)12-7-3-2-4-8-12/h2-11H,1H3,(H-,19,20,22,23)/p+1. The van der Waals surface area contributed by atoms with Crippen LogP contribution < -0.4 is 15.6 Å². The Kier molecular flexibility index (Phi) is 5.40. The molecule has 6 nitrogen and oxygen atoms in total. The molecule has 0 saturated heterocycles. The van der Waals surface area contributed by atoms with Crippen molar-refractivity contribution < 1.29 is 14.0 Å². The van der Waals surface area contributed by atoms with E-state index < -0.39 is 10.9 Å². The number of nitrogens with zero attached hydrogens (tertiary/aromatic N) is 1. The summed E-state index contributed by atoms with van der Waals surface area (Å²) in [6.07, 6.45) is 0. The number of nitrogens with one attached hydrogen (secondary N) is 2. The third-order valence-electron chi connectivity index (χ3n) is 3.41. The number of H-pyrrole nitrogens is 1. The highest BCUT2D eigenvalue weighted by atomic mass is 79.9. The van der Waals surface area contributed by atoms with E-state index >= 15 is 0 Å². The number of para-hydroxylation sites is 2. The molecule has 1 aromatic heterocycles. The van der Waals surface area contributed by atoms with Crippen molar-refractivity contribution in [3.05, 3.63) is 69.5 Å². The van der Waals surface area contributed by atoms with Gasteiger partial charge in [0.2, 0.25) is 11.6 Å². The number of aromatic nitrogens is 2. The third-order valence-corrected chi connectivity index (χ3v) is 5.24. The van der Waals surface area contributed by atoms with Crippen LogP contribution in [0.3, 0.4) is 0 Å². The summed E-state index contributed by atoms with van der Waals surface area (Å²) in [7, 11) is 0. The van der Waals surface area contributed by atoms with Gasteiger partial charge in [-0.3, -0.25) is 9.32 Å². The number of rotatable bonds is 5. The number of halogens is 1. The first-order valence-corrected chi connectivity index (χ1v) is 9.14. The largest absolute Gasteiger partial charge is 0.442 e. The van der Waals surface area contributed by atoms with Crippen molar-refractivity contribution in [2.45, 2.75) is 17.2 Å². The van der Waals surface area contributed by atoms with Crippen LogP contribution in [-0.4, -0.2) is 16.4 Å². The molecule has 2 N–H and O–H groups in total. The molecule has 0 bridgehead atoms. The average molecular weight is 421 g/mol. The average Bonchev–Trinajstić information content (AvgIpc) is 2.98. The number of hydrogen-bond donors (Lipinski definition) is 2. The SMILES string of the molecule is CC(Sc1c(=O)o[nH][n+]1-c1ccccc1)C(=O)Nc1ccccc1Br. The van der Waals surface area contributed by atoms with Gasteiger partial charge in [-0.2, -0.15) is 0 Å². The van der Waals surface area contributed by atoms with E-state index in [9.17, 15) is 9.59 Å². The van der Waals surface area contributed by atoms with Crippen molar-refractivity contribution in [3.63, 3.8) is 0 Å². The predicted octanol–water partition coefficient (Wildman–Crippen LogP) is 3.13. The van der Waals surface area contributed by atoms with Gasteiger partial charge in [0.05, 0.1) is 10.9 Å². The van der Waals surface area contributed by atoms with Gasteiger partial charge in [-0.25, -0.2) is 4.79 Å². The molecule has 0 saturated carbocycles. The lowest BCUT2D eigenvalue weighted by Crippen LogP contribution is -2.37. The summed E-state index contributed by atoms with van der Waals surface area (Å²) in [5.41, 5.74) is 0.903. The number of aromatic amines is 1. The Labute approximate surface area is 156 Å². The van der Waals surface area contributed by atoms with Crippen molar-refractivity contribution in [2.24, 2.45) is 0 Å². The maximum Gasteiger partial charge on any atom is 0.442 e. The lowest BCUT2D eigenvalue weighted by atomic mass is 10.3. The van der Waals surface area contributed by atoms with Crippen LogP contribution in [0.5, 0.6) is 0 Å². The fourth-order valence-electron chi connectivity index (χ4n) is 2.13. The van der Waals surface area contributed by atoms with Gasteiger partial charge in [0.1, 0.15) is 0 Å². The first-order valence-electron chi connectivity index (χ1n) is 7.47. The highest BCUT2D eigenvalue weighted by molar-refractivity contribution is 9.10. The third kappa shape index (κ3) is 4.02. The lowest BCUT2D eigenvalue weighted by Gasteiger charge is -2.10. The van der Waals surface area contributed by atoms with Crippen molar-refractivity contribution in [2.75, 3.05) is 5.32 Å². The Morgan fingerprint density at radius 3 is 2.60 bits per heavy atom. The molecule has 0 spiro atoms. The molecule has 1 atom stereocenters. The summed E-state index contributed by atoms with van der Waals surface area (Å²) >= 11 is 4.52. The first-order chi connectivity index (χ1) is 12.1. The maximum absolute atomic E-state index is 12.4. The van der Waals surface area contributed by atoms with Crippen LogP contribution in [0.4, 0.5) is 5.69 Å². The fraction of sp³-hybridized carbons (Fsp3) is 0.118. The van der Waals surface area contributed by atoms with Crippen LogP contribution in [0.1, 0.15) is 6.92 Å². The van der Waals surface area contributed by atoms with Gasteiger partial charge < -0.3 is 5.32 Å². The van der Waals surface area contributed by atoms with Crippen LogP contribution in [0, 0.1) is 0 Å². The minimum atomic E-state index is -0.519. The normalized spacial score (nSPS) is 11.9. The van der Waals surface area contributed by atoms with Gasteiger partial charge in [0.25, 0.3) is 0 Å². The molecule has 128 valence electrons. The quantitative estimate of drug-likeness (QED) is 0.490. The Bertz CT molecular complexity index is 940. The number of carbonyl (C=O) groups is 1. The zero-order valence-corrected chi connectivity index (χ0v) is 15.6. The summed E-state index contributed by atoms with van der Waals surface area (Å²) in [4.78, 5) is 24.5. The summed E-state index contributed by atoms with van der Waals surface area (Å²) in [5, 5.41) is 5.21. The van der Waals surface area contributed by atoms with Crippen LogP contribution in [0.15, 0.2) is 73.4 Å². The van der Waals surface area contributed by atoms with Crippen molar-refractivity contribution in [3.8, 4) is 5.69 Å². The second-order valence-corrected chi connectivity index (χ2v) is 7.37. The van der Waals surface area contributed by atoms with Gasteiger partial charge in [0, 0.05) is 16.6 Å². The summed E-state index contributed by atoms with van der Waals surface area (Å²) < 4.78 is 7.21. The molecule has 0 radical (unpaired) electrons. The van der Waals surface area contributed by atoms with Crippen LogP contribution >= 0.6 is 27.7 Å². The second-order valence-electron chi connectivity index (χ2n) is 5.19. The maximum atomic E-state index is 12.4. The van der Waals surface area contributed by atoms with Crippen LogP contribution in [0.25, 0.3) is 5.69 Å². The van der Waals surface area contributed by atoms with Crippen LogP contribution in [-0.2, 0) is 4.79 Å². The summed E-state index contributed by atoms with van der Waals surface area (Å²) in [6, 6.07) is 16.6. The summed E-state index contributed by atoms with van der Waals surface area (Å²) in [5.74, 6) is -0.211. The van der Waals surface area contributed by atoms with Crippen molar-refractivity contribution in [1.82, 2.24) is 5.27 Å². The topological polar surface area (TPSA) is 79.0 Å². The van der Waals surface area contributed by atoms with E-state index in [1.54, 1.807) is 13.0 Å². The van der Waals surface area contributed by atoms with E-state index in [4.69, 9.17) is 4.52 Å². The zero-order valence-electron chi connectivity index (χ0n) is 13.2. The molecular weight excluding hydrogens is 406 g/mol. The number of hydrogen-bond acceptors (Lipinski definition) is 4. The van der Waals surface area contributed by atoms with Gasteiger partial charge in [0.15, 0.2) is 0 Å². The molecule has 0 aliphatic carbocycles. The second kappa shape index (κ2) is 7.71. The molecule has 3 rings (SSSR count). The van der Waals surface area contributed by atoms with E-state index in [1.165, 1.54) is 4.68 Å². The van der Waals surface area contributed by atoms with Crippen molar-refractivity contribution in [1.29, 1.82) is 0 Å². The Morgan fingerprint density at radius 2 is 1.88 bits per heavy atom. The molecule has 3 aromatic rings. The smallest absolute Gasteiger partial charge is 0.324 e. The minimum absolute atomic E-state index is 0.211.